The van der Waals surface area contributed by atoms with E-state index >= 15 is 0 Å². The van der Waals surface area contributed by atoms with E-state index in [2.05, 4.69) is 23.6 Å². The van der Waals surface area contributed by atoms with Gasteiger partial charge in [-0.25, -0.2) is 13.4 Å². The molecule has 0 spiro atoms. The number of hydrogen-bond donors (Lipinski definition) is 0. The van der Waals surface area contributed by atoms with Gasteiger partial charge in [-0.15, -0.1) is 0 Å². The van der Waals surface area contributed by atoms with Gasteiger partial charge in [-0.05, 0) is 74.4 Å². The van der Waals surface area contributed by atoms with Crippen LogP contribution in [0.1, 0.15) is 45.1 Å². The highest BCUT2D eigenvalue weighted by atomic mass is 32.2. The molecule has 2 aliphatic heterocycles. The van der Waals surface area contributed by atoms with Gasteiger partial charge in [0, 0.05) is 25.4 Å². The molecule has 5 rings (SSSR count). The molecule has 3 aromatic rings. The fourth-order valence-corrected chi connectivity index (χ4v) is 7.64. The zero-order valence-electron chi connectivity index (χ0n) is 21.1. The summed E-state index contributed by atoms with van der Waals surface area (Å²) >= 11 is 1.67. The third kappa shape index (κ3) is 5.59. The van der Waals surface area contributed by atoms with E-state index in [0.29, 0.717) is 36.0 Å². The molecule has 2 atom stereocenters. The quantitative estimate of drug-likeness (QED) is 0.349. The van der Waals surface area contributed by atoms with Crippen molar-refractivity contribution in [3.05, 3.63) is 48.0 Å². The molecule has 194 valence electrons. The smallest absolute Gasteiger partial charge is 0.243 e. The zero-order chi connectivity index (χ0) is 25.1. The number of rotatable bonds is 9. The first-order chi connectivity index (χ1) is 17.4. The number of sulfonamides is 1. The fourth-order valence-electron chi connectivity index (χ4n) is 5.04. The third-order valence-corrected chi connectivity index (χ3v) is 9.86. The van der Waals surface area contributed by atoms with Crippen LogP contribution in [0.3, 0.4) is 0 Å². The Hall–Kier alpha value is -2.07. The van der Waals surface area contributed by atoms with E-state index in [1.165, 1.54) is 5.56 Å². The Bertz CT molecular complexity index is 1280. The molecule has 0 bridgehead atoms. The van der Waals surface area contributed by atoms with Crippen molar-refractivity contribution in [2.75, 3.05) is 26.3 Å². The van der Waals surface area contributed by atoms with E-state index in [-0.39, 0.29) is 6.10 Å². The summed E-state index contributed by atoms with van der Waals surface area (Å²) in [7, 11) is -3.54. The van der Waals surface area contributed by atoms with Crippen LogP contribution in [0, 0.1) is 5.92 Å². The van der Waals surface area contributed by atoms with Crippen LogP contribution < -0.4 is 4.74 Å². The van der Waals surface area contributed by atoms with Gasteiger partial charge < -0.3 is 14.0 Å². The van der Waals surface area contributed by atoms with Crippen LogP contribution in [-0.2, 0) is 27.1 Å². The van der Waals surface area contributed by atoms with Crippen molar-refractivity contribution in [3.8, 4) is 5.75 Å². The molecule has 7 nitrogen and oxygen atoms in total. The number of ether oxygens (including phenoxy) is 2. The molecule has 0 unspecified atom stereocenters. The Morgan fingerprint density at radius 3 is 2.69 bits per heavy atom. The van der Waals surface area contributed by atoms with Crippen LogP contribution in [0.2, 0.25) is 0 Å². The zero-order valence-corrected chi connectivity index (χ0v) is 22.7. The van der Waals surface area contributed by atoms with Crippen molar-refractivity contribution >= 4 is 32.8 Å². The Balaban J connectivity index is 1.43. The number of hydrogen-bond acceptors (Lipinski definition) is 6. The van der Waals surface area contributed by atoms with Gasteiger partial charge in [0.25, 0.3) is 0 Å². The summed E-state index contributed by atoms with van der Waals surface area (Å²) in [6.45, 7) is 7.42. The Labute approximate surface area is 218 Å². The number of fused-ring (bicyclic) bond motifs is 1. The third-order valence-electron chi connectivity index (χ3n) is 6.95. The van der Waals surface area contributed by atoms with Gasteiger partial charge >= 0.3 is 0 Å². The van der Waals surface area contributed by atoms with Gasteiger partial charge in [-0.1, -0.05) is 30.8 Å². The number of piperidine rings is 1. The summed E-state index contributed by atoms with van der Waals surface area (Å²) in [5.74, 6) is 2.01. The molecular formula is C27H35N3O4S2. The van der Waals surface area contributed by atoms with Gasteiger partial charge in [0.05, 0.1) is 35.2 Å². The lowest BCUT2D eigenvalue weighted by molar-refractivity contribution is 0.0960. The maximum absolute atomic E-state index is 13.4. The number of benzene rings is 2. The summed E-state index contributed by atoms with van der Waals surface area (Å²) < 4.78 is 42.1. The van der Waals surface area contributed by atoms with Crippen LogP contribution in [0.5, 0.6) is 5.75 Å². The Kier molecular flexibility index (Phi) is 7.90. The van der Waals surface area contributed by atoms with E-state index in [1.54, 1.807) is 28.2 Å². The Morgan fingerprint density at radius 1 is 1.14 bits per heavy atom. The van der Waals surface area contributed by atoms with Gasteiger partial charge in [-0.2, -0.15) is 4.31 Å². The standard InChI is InChI=1S/C27H35N3O4S2/c1-3-33-22-10-8-21(9-11-22)19-35-27-28-25-16-24(36(31,32)29-14-4-6-20(2)17-29)12-13-26(25)30(27)18-23-7-5-15-34-23/h8-13,16,20,23H,3-7,14-15,17-19H2,1-2H3/t20-,23+/m1/s1. The molecule has 2 aromatic carbocycles. The molecule has 36 heavy (non-hydrogen) atoms. The average Bonchev–Trinajstić information content (AvgIpc) is 3.52. The van der Waals surface area contributed by atoms with Gasteiger partial charge in [0.15, 0.2) is 5.16 Å². The SMILES string of the molecule is CCOc1ccc(CSc2nc3cc(S(=O)(=O)N4CCC[C@@H](C)C4)ccc3n2C[C@@H]2CCCO2)cc1. The summed E-state index contributed by atoms with van der Waals surface area (Å²) in [6.07, 6.45) is 4.24. The van der Waals surface area contributed by atoms with Crippen molar-refractivity contribution in [3.63, 3.8) is 0 Å². The van der Waals surface area contributed by atoms with Crippen LogP contribution in [0.25, 0.3) is 11.0 Å². The van der Waals surface area contributed by atoms with Crippen LogP contribution in [-0.4, -0.2) is 54.7 Å². The second kappa shape index (κ2) is 11.1. The first-order valence-corrected chi connectivity index (χ1v) is 15.3. The predicted octanol–water partition coefficient (Wildman–Crippen LogP) is 5.33. The summed E-state index contributed by atoms with van der Waals surface area (Å²) in [5, 5.41) is 0.885. The summed E-state index contributed by atoms with van der Waals surface area (Å²) in [5.41, 5.74) is 2.85. The van der Waals surface area contributed by atoms with E-state index in [9.17, 15) is 8.42 Å². The molecule has 2 saturated heterocycles. The number of imidazole rings is 1. The molecule has 0 N–H and O–H groups in total. The van der Waals surface area contributed by atoms with Crippen molar-refractivity contribution in [1.82, 2.24) is 13.9 Å². The normalized spacial score (nSPS) is 21.3. The molecule has 0 amide bonds. The molecule has 0 aliphatic carbocycles. The first kappa shape index (κ1) is 25.6. The second-order valence-electron chi connectivity index (χ2n) is 9.77. The number of aromatic nitrogens is 2. The van der Waals surface area contributed by atoms with E-state index in [1.807, 2.05) is 25.1 Å². The fraction of sp³-hybridized carbons (Fsp3) is 0.519. The van der Waals surface area contributed by atoms with Crippen molar-refractivity contribution in [1.29, 1.82) is 0 Å². The average molecular weight is 530 g/mol. The van der Waals surface area contributed by atoms with E-state index < -0.39 is 10.0 Å². The van der Waals surface area contributed by atoms with Crippen LogP contribution >= 0.6 is 11.8 Å². The largest absolute Gasteiger partial charge is 0.494 e. The van der Waals surface area contributed by atoms with Crippen molar-refractivity contribution < 1.29 is 17.9 Å². The highest BCUT2D eigenvalue weighted by molar-refractivity contribution is 7.98. The lowest BCUT2D eigenvalue weighted by atomic mass is 10.0. The van der Waals surface area contributed by atoms with Crippen LogP contribution in [0.4, 0.5) is 0 Å². The maximum atomic E-state index is 13.4. The van der Waals surface area contributed by atoms with Gasteiger partial charge in [0.2, 0.25) is 10.0 Å². The molecule has 9 heteroatoms. The summed E-state index contributed by atoms with van der Waals surface area (Å²) in [4.78, 5) is 5.24. The van der Waals surface area contributed by atoms with E-state index in [0.717, 1.165) is 61.0 Å². The van der Waals surface area contributed by atoms with E-state index in [4.69, 9.17) is 14.5 Å². The lowest BCUT2D eigenvalue weighted by Gasteiger charge is -2.30. The molecule has 2 aliphatic rings. The lowest BCUT2D eigenvalue weighted by Crippen LogP contribution is -2.39. The van der Waals surface area contributed by atoms with Gasteiger partial charge in [-0.3, -0.25) is 0 Å². The number of nitrogens with zero attached hydrogens (tertiary/aromatic N) is 3. The minimum atomic E-state index is -3.54. The van der Waals surface area contributed by atoms with Crippen LogP contribution in [0.15, 0.2) is 52.5 Å². The topological polar surface area (TPSA) is 73.7 Å². The van der Waals surface area contributed by atoms with Gasteiger partial charge in [0.1, 0.15) is 5.75 Å². The number of thioether (sulfide) groups is 1. The minimum Gasteiger partial charge on any atom is -0.494 e. The summed E-state index contributed by atoms with van der Waals surface area (Å²) in [6, 6.07) is 13.5. The highest BCUT2D eigenvalue weighted by Crippen LogP contribution is 2.32. The Morgan fingerprint density at radius 2 is 1.97 bits per heavy atom. The highest BCUT2D eigenvalue weighted by Gasteiger charge is 2.29. The predicted molar refractivity (Wildman–Crippen MR) is 143 cm³/mol. The molecule has 0 saturated carbocycles. The van der Waals surface area contributed by atoms with Crippen molar-refractivity contribution in [2.45, 2.75) is 68.0 Å². The minimum absolute atomic E-state index is 0.158. The molecule has 3 heterocycles. The molecular weight excluding hydrogens is 494 g/mol. The first-order valence-electron chi connectivity index (χ1n) is 12.9. The molecule has 1 aromatic heterocycles. The second-order valence-corrected chi connectivity index (χ2v) is 12.6. The van der Waals surface area contributed by atoms with Crippen molar-refractivity contribution in [2.24, 2.45) is 5.92 Å². The molecule has 0 radical (unpaired) electrons. The molecule has 2 fully saturated rings. The maximum Gasteiger partial charge on any atom is 0.243 e. The monoisotopic (exact) mass is 529 g/mol.